The molecule has 7 nitrogen and oxygen atoms in total. The first-order valence-electron chi connectivity index (χ1n) is 12.3. The van der Waals surface area contributed by atoms with Crippen molar-refractivity contribution in [3.05, 3.63) is 102 Å². The van der Waals surface area contributed by atoms with E-state index in [2.05, 4.69) is 10.1 Å². The Hall–Kier alpha value is -4.10. The van der Waals surface area contributed by atoms with Crippen LogP contribution in [-0.4, -0.2) is 57.7 Å². The van der Waals surface area contributed by atoms with E-state index in [1.165, 1.54) is 48.5 Å². The SMILES string of the molecule is CO[C@@](C(=O)N[C@@H](COC(=O)[C@](OC)(c1ccccc1)C(F)(F)F)COc1ccccc1)(c1ccccc1)C(F)(F)F. The smallest absolute Gasteiger partial charge is 0.432 e. The predicted octanol–water partition coefficient (Wildman–Crippen LogP) is 5.30. The van der Waals surface area contributed by atoms with Crippen molar-refractivity contribution in [2.45, 2.75) is 29.6 Å². The molecule has 3 atom stereocenters. The van der Waals surface area contributed by atoms with Gasteiger partial charge in [0.2, 0.25) is 0 Å². The fourth-order valence-corrected chi connectivity index (χ4v) is 4.22. The number of halogens is 6. The van der Waals surface area contributed by atoms with Crippen LogP contribution in [0.4, 0.5) is 26.3 Å². The molecule has 0 saturated heterocycles. The minimum absolute atomic E-state index is 0.228. The topological polar surface area (TPSA) is 83.1 Å². The molecule has 0 spiro atoms. The number of para-hydroxylation sites is 1. The highest BCUT2D eigenvalue weighted by Gasteiger charge is 2.65. The van der Waals surface area contributed by atoms with Gasteiger partial charge in [0.05, 0.1) is 6.04 Å². The number of hydrogen-bond acceptors (Lipinski definition) is 6. The second-order valence-corrected chi connectivity index (χ2v) is 8.89. The third-order valence-electron chi connectivity index (χ3n) is 6.32. The Morgan fingerprint density at radius 2 is 1.10 bits per heavy atom. The molecule has 0 aliphatic heterocycles. The fourth-order valence-electron chi connectivity index (χ4n) is 4.22. The fraction of sp³-hybridized carbons (Fsp3) is 0.310. The maximum absolute atomic E-state index is 14.4. The Bertz CT molecular complexity index is 1310. The number of rotatable bonds is 12. The highest BCUT2D eigenvalue weighted by atomic mass is 19.4. The summed E-state index contributed by atoms with van der Waals surface area (Å²) in [5, 5.41) is 2.08. The van der Waals surface area contributed by atoms with Crippen molar-refractivity contribution in [1.29, 1.82) is 0 Å². The van der Waals surface area contributed by atoms with Crippen molar-refractivity contribution < 1.29 is 54.9 Å². The molecule has 0 bridgehead atoms. The van der Waals surface area contributed by atoms with Gasteiger partial charge in [0.25, 0.3) is 17.1 Å². The van der Waals surface area contributed by atoms with Crippen LogP contribution in [0.25, 0.3) is 0 Å². The zero-order valence-electron chi connectivity index (χ0n) is 22.4. The molecular formula is C29H27F6NO6. The molecule has 3 rings (SSSR count). The van der Waals surface area contributed by atoms with E-state index in [9.17, 15) is 35.9 Å². The lowest BCUT2D eigenvalue weighted by Gasteiger charge is -2.35. The molecule has 13 heteroatoms. The zero-order valence-corrected chi connectivity index (χ0v) is 22.4. The highest BCUT2D eigenvalue weighted by Crippen LogP contribution is 2.44. The number of esters is 1. The second kappa shape index (κ2) is 13.3. The van der Waals surface area contributed by atoms with E-state index in [1.807, 2.05) is 0 Å². The molecule has 0 saturated carbocycles. The molecule has 1 amide bonds. The van der Waals surface area contributed by atoms with Crippen LogP contribution in [-0.2, 0) is 35.0 Å². The molecule has 0 unspecified atom stereocenters. The second-order valence-electron chi connectivity index (χ2n) is 8.89. The van der Waals surface area contributed by atoms with E-state index in [-0.39, 0.29) is 5.75 Å². The van der Waals surface area contributed by atoms with Gasteiger partial charge in [-0.05, 0) is 12.1 Å². The summed E-state index contributed by atoms with van der Waals surface area (Å²) in [4.78, 5) is 26.3. The van der Waals surface area contributed by atoms with Crippen molar-refractivity contribution in [2.24, 2.45) is 0 Å². The van der Waals surface area contributed by atoms with Crippen molar-refractivity contribution in [2.75, 3.05) is 27.4 Å². The van der Waals surface area contributed by atoms with Crippen LogP contribution in [0, 0.1) is 0 Å². The van der Waals surface area contributed by atoms with E-state index in [0.29, 0.717) is 14.2 Å². The molecule has 42 heavy (non-hydrogen) atoms. The lowest BCUT2D eigenvalue weighted by molar-refractivity contribution is -0.277. The number of nitrogens with one attached hydrogen (secondary N) is 1. The van der Waals surface area contributed by atoms with Crippen LogP contribution in [0.1, 0.15) is 11.1 Å². The van der Waals surface area contributed by atoms with E-state index < -0.39 is 65.8 Å². The average Bonchev–Trinajstić information content (AvgIpc) is 2.96. The van der Waals surface area contributed by atoms with Crippen LogP contribution in [0.2, 0.25) is 0 Å². The van der Waals surface area contributed by atoms with Crippen LogP contribution < -0.4 is 10.1 Å². The summed E-state index contributed by atoms with van der Waals surface area (Å²) in [6.07, 6.45) is -10.6. The maximum atomic E-state index is 14.4. The van der Waals surface area contributed by atoms with Gasteiger partial charge in [-0.2, -0.15) is 26.3 Å². The summed E-state index contributed by atoms with van der Waals surface area (Å²) in [6.45, 7) is -1.61. The average molecular weight is 600 g/mol. The zero-order chi connectivity index (χ0) is 31.0. The van der Waals surface area contributed by atoms with E-state index in [0.717, 1.165) is 24.3 Å². The number of carbonyl (C=O) groups excluding carboxylic acids is 2. The van der Waals surface area contributed by atoms with Gasteiger partial charge in [-0.1, -0.05) is 78.9 Å². The Kier molecular flexibility index (Phi) is 10.2. The Morgan fingerprint density at radius 1 is 0.667 bits per heavy atom. The standard InChI is InChI=1S/C29H27F6NO6/c1-39-26(28(30,31)32,20-12-6-3-7-13-20)24(37)36-22(18-41-23-16-10-5-11-17-23)19-42-25(38)27(40-2,29(33,34)35)21-14-8-4-9-15-21/h3-17,22H,18-19H2,1-2H3,(H,36,37)/t22-,26-,27-/m1/s1. The third-order valence-corrected chi connectivity index (χ3v) is 6.32. The van der Waals surface area contributed by atoms with Crippen molar-refractivity contribution in [1.82, 2.24) is 5.32 Å². The molecule has 0 aliphatic carbocycles. The lowest BCUT2D eigenvalue weighted by atomic mass is 9.91. The Balaban J connectivity index is 1.94. The summed E-state index contributed by atoms with van der Waals surface area (Å²) in [6, 6.07) is 18.2. The number of benzene rings is 3. The number of amides is 1. The number of hydrogen-bond donors (Lipinski definition) is 1. The summed E-state index contributed by atoms with van der Waals surface area (Å²) in [5.41, 5.74) is -8.22. The van der Waals surface area contributed by atoms with Gasteiger partial charge >= 0.3 is 18.3 Å². The van der Waals surface area contributed by atoms with Crippen molar-refractivity contribution in [3.8, 4) is 5.75 Å². The predicted molar refractivity (Wildman–Crippen MR) is 137 cm³/mol. The van der Waals surface area contributed by atoms with Gasteiger partial charge in [0, 0.05) is 25.3 Å². The summed E-state index contributed by atoms with van der Waals surface area (Å²) in [5.74, 6) is -3.39. The molecule has 226 valence electrons. The molecule has 0 aromatic heterocycles. The molecule has 0 radical (unpaired) electrons. The number of carbonyl (C=O) groups is 2. The van der Waals surface area contributed by atoms with Gasteiger partial charge in [-0.15, -0.1) is 0 Å². The first-order chi connectivity index (χ1) is 19.8. The number of alkyl halides is 6. The maximum Gasteiger partial charge on any atom is 0.432 e. The largest absolute Gasteiger partial charge is 0.491 e. The Morgan fingerprint density at radius 3 is 1.52 bits per heavy atom. The van der Waals surface area contributed by atoms with E-state index in [1.54, 1.807) is 18.2 Å². The van der Waals surface area contributed by atoms with Crippen molar-refractivity contribution >= 4 is 11.9 Å². The molecule has 1 N–H and O–H groups in total. The third kappa shape index (κ3) is 6.52. The van der Waals surface area contributed by atoms with Crippen LogP contribution in [0.5, 0.6) is 5.75 Å². The number of ether oxygens (including phenoxy) is 4. The molecule has 0 aliphatic rings. The molecular weight excluding hydrogens is 572 g/mol. The van der Waals surface area contributed by atoms with Crippen molar-refractivity contribution in [3.63, 3.8) is 0 Å². The minimum Gasteiger partial charge on any atom is -0.491 e. The van der Waals surface area contributed by atoms with Crippen LogP contribution >= 0.6 is 0 Å². The highest BCUT2D eigenvalue weighted by molar-refractivity contribution is 5.88. The molecule has 0 heterocycles. The first kappa shape index (κ1) is 32.4. The molecule has 3 aromatic carbocycles. The summed E-state index contributed by atoms with van der Waals surface area (Å²) in [7, 11) is 1.35. The van der Waals surface area contributed by atoms with E-state index in [4.69, 9.17) is 14.2 Å². The van der Waals surface area contributed by atoms with Gasteiger partial charge in [0.1, 0.15) is 19.0 Å². The number of methoxy groups -OCH3 is 2. The van der Waals surface area contributed by atoms with Gasteiger partial charge < -0.3 is 24.3 Å². The van der Waals surface area contributed by atoms with Gasteiger partial charge in [0.15, 0.2) is 0 Å². The normalized spacial score (nSPS) is 15.5. The quantitative estimate of drug-likeness (QED) is 0.225. The molecule has 3 aromatic rings. The lowest BCUT2D eigenvalue weighted by Crippen LogP contribution is -2.59. The van der Waals surface area contributed by atoms with Crippen LogP contribution in [0.15, 0.2) is 91.0 Å². The first-order valence-corrected chi connectivity index (χ1v) is 12.3. The minimum atomic E-state index is -5.30. The van der Waals surface area contributed by atoms with Gasteiger partial charge in [-0.25, -0.2) is 4.79 Å². The summed E-state index contributed by atoms with van der Waals surface area (Å²) >= 11 is 0. The monoisotopic (exact) mass is 599 g/mol. The molecule has 0 fully saturated rings. The van der Waals surface area contributed by atoms with Crippen LogP contribution in [0.3, 0.4) is 0 Å². The summed E-state index contributed by atoms with van der Waals surface area (Å²) < 4.78 is 106. The van der Waals surface area contributed by atoms with E-state index >= 15 is 0 Å². The Labute approximate surface area is 237 Å². The van der Waals surface area contributed by atoms with Gasteiger partial charge in [-0.3, -0.25) is 4.79 Å².